The Morgan fingerprint density at radius 1 is 1.11 bits per heavy atom. The molecule has 101 valence electrons. The molecule has 0 N–H and O–H groups in total. The minimum Gasteiger partial charge on any atom is -0.714 e. The fraction of sp³-hybridized carbons (Fsp3) is 0.400. The molecule has 2 rings (SSSR count). The lowest BCUT2D eigenvalue weighted by atomic mass is 9.84. The third kappa shape index (κ3) is 2.02. The van der Waals surface area contributed by atoms with E-state index in [1.165, 1.54) is 0 Å². The van der Waals surface area contributed by atoms with Crippen molar-refractivity contribution in [2.45, 2.75) is 38.8 Å². The van der Waals surface area contributed by atoms with Gasteiger partial charge in [-0.2, -0.15) is 0 Å². The highest BCUT2D eigenvalue weighted by molar-refractivity contribution is 5.93. The summed E-state index contributed by atoms with van der Waals surface area (Å²) < 4.78 is 0.805. The highest BCUT2D eigenvalue weighted by Gasteiger charge is 2.58. The van der Waals surface area contributed by atoms with Crippen molar-refractivity contribution in [3.8, 4) is 0 Å². The Balaban J connectivity index is 2.36. The normalized spacial score (nSPS) is 21.4. The topological polar surface area (TPSA) is 49.2 Å². The van der Waals surface area contributed by atoms with E-state index < -0.39 is 11.1 Å². The van der Waals surface area contributed by atoms with E-state index in [2.05, 4.69) is 0 Å². The first-order valence-corrected chi connectivity index (χ1v) is 6.33. The third-order valence-corrected chi connectivity index (χ3v) is 4.15. The molecule has 0 bridgehead atoms. The summed E-state index contributed by atoms with van der Waals surface area (Å²) in [5.74, 6) is 0.152. The van der Waals surface area contributed by atoms with Crippen LogP contribution in [0, 0.1) is 5.21 Å². The first-order valence-electron chi connectivity index (χ1n) is 6.33. The molecule has 0 saturated heterocycles. The highest BCUT2D eigenvalue weighted by atomic mass is 16.5. The van der Waals surface area contributed by atoms with Crippen LogP contribution in [0.3, 0.4) is 0 Å². The van der Waals surface area contributed by atoms with Gasteiger partial charge in [-0.15, -0.1) is 0 Å². The number of benzene rings is 1. The van der Waals surface area contributed by atoms with Crippen LogP contribution < -0.4 is 0 Å². The molecule has 19 heavy (non-hydrogen) atoms. The summed E-state index contributed by atoms with van der Waals surface area (Å²) in [4.78, 5) is 0. The number of rotatable bonds is 2. The minimum atomic E-state index is -0.759. The average Bonchev–Trinajstić information content (AvgIpc) is 2.49. The predicted molar refractivity (Wildman–Crippen MR) is 74.8 cm³/mol. The molecule has 1 aliphatic rings. The van der Waals surface area contributed by atoms with Crippen LogP contribution in [0.4, 0.5) is 0 Å². The molecule has 0 unspecified atom stereocenters. The van der Waals surface area contributed by atoms with Gasteiger partial charge in [0.05, 0.1) is 0 Å². The van der Waals surface area contributed by atoms with Gasteiger partial charge in [-0.05, 0) is 39.3 Å². The highest BCUT2D eigenvalue weighted by Crippen LogP contribution is 2.36. The molecule has 0 saturated carbocycles. The van der Waals surface area contributed by atoms with Gasteiger partial charge in [-0.3, -0.25) is 4.74 Å². The maximum absolute atomic E-state index is 12.3. The molecule has 0 fully saturated rings. The zero-order valence-electron chi connectivity index (χ0n) is 11.8. The molecule has 1 heterocycles. The Bertz CT molecular complexity index is 530. The smallest absolute Gasteiger partial charge is 0.309 e. The standard InChI is InChI=1S/C15H19N2O2/c1-14(2)15(3,4)17(19)13(16(14)18)11-10-12-8-6-5-7-9-12/h5-11H,1-4H3/b11-10+. The van der Waals surface area contributed by atoms with Gasteiger partial charge in [-0.25, -0.2) is 0 Å². The van der Waals surface area contributed by atoms with Gasteiger partial charge >= 0.3 is 5.84 Å². The maximum Gasteiger partial charge on any atom is 0.309 e. The van der Waals surface area contributed by atoms with Crippen molar-refractivity contribution >= 4 is 11.9 Å². The van der Waals surface area contributed by atoms with Crippen molar-refractivity contribution in [1.82, 2.24) is 5.06 Å². The van der Waals surface area contributed by atoms with Crippen LogP contribution in [0.1, 0.15) is 33.3 Å². The van der Waals surface area contributed by atoms with E-state index in [1.807, 2.05) is 30.3 Å². The van der Waals surface area contributed by atoms with E-state index in [0.29, 0.717) is 0 Å². The second-order valence-electron chi connectivity index (χ2n) is 5.81. The number of hydrogen-bond donors (Lipinski definition) is 0. The molecule has 0 atom stereocenters. The lowest BCUT2D eigenvalue weighted by molar-refractivity contribution is -0.539. The molecule has 1 aliphatic heterocycles. The van der Waals surface area contributed by atoms with E-state index in [9.17, 15) is 10.4 Å². The molecule has 0 spiro atoms. The van der Waals surface area contributed by atoms with Crippen LogP contribution in [0.25, 0.3) is 6.08 Å². The van der Waals surface area contributed by atoms with Crippen LogP contribution in [0.5, 0.6) is 0 Å². The van der Waals surface area contributed by atoms with Crippen molar-refractivity contribution in [2.75, 3.05) is 0 Å². The average molecular weight is 259 g/mol. The quantitative estimate of drug-likeness (QED) is 0.605. The molecule has 0 aliphatic carbocycles. The molecule has 1 aromatic rings. The Kier molecular flexibility index (Phi) is 3.14. The van der Waals surface area contributed by atoms with Crippen molar-refractivity contribution < 1.29 is 9.95 Å². The minimum absolute atomic E-state index is 0.152. The van der Waals surface area contributed by atoms with E-state index in [4.69, 9.17) is 0 Å². The Hall–Kier alpha value is -1.81. The summed E-state index contributed by atoms with van der Waals surface area (Å²) >= 11 is 0. The van der Waals surface area contributed by atoms with Crippen molar-refractivity contribution in [1.29, 1.82) is 0 Å². The Labute approximate surface area is 113 Å². The Morgan fingerprint density at radius 3 is 2.16 bits per heavy atom. The molecular formula is C15H19N2O2. The fourth-order valence-corrected chi connectivity index (χ4v) is 2.02. The SMILES string of the molecule is CC1(C)N([O])C(/C=C/c2ccccc2)=[N+]([O-])C1(C)C. The summed E-state index contributed by atoms with van der Waals surface area (Å²) in [6, 6.07) is 9.60. The van der Waals surface area contributed by atoms with E-state index in [-0.39, 0.29) is 5.84 Å². The molecule has 4 nitrogen and oxygen atoms in total. The molecule has 1 aromatic carbocycles. The molecule has 0 amide bonds. The maximum atomic E-state index is 12.3. The van der Waals surface area contributed by atoms with Gasteiger partial charge in [0.15, 0.2) is 5.54 Å². The molecular weight excluding hydrogens is 240 g/mol. The summed E-state index contributed by atoms with van der Waals surface area (Å²) in [6.45, 7) is 7.14. The second kappa shape index (κ2) is 4.38. The summed E-state index contributed by atoms with van der Waals surface area (Å²) in [5, 5.41) is 25.3. The molecule has 4 heteroatoms. The van der Waals surface area contributed by atoms with Gasteiger partial charge in [0.2, 0.25) is 0 Å². The predicted octanol–water partition coefficient (Wildman–Crippen LogP) is 2.83. The molecule has 0 aromatic heterocycles. The lowest BCUT2D eigenvalue weighted by Crippen LogP contribution is -2.53. The van der Waals surface area contributed by atoms with E-state index >= 15 is 0 Å². The largest absolute Gasteiger partial charge is 0.714 e. The van der Waals surface area contributed by atoms with Crippen molar-refractivity contribution in [3.05, 3.63) is 47.2 Å². The Morgan fingerprint density at radius 2 is 1.68 bits per heavy atom. The van der Waals surface area contributed by atoms with Crippen LogP contribution in [-0.4, -0.2) is 26.7 Å². The van der Waals surface area contributed by atoms with E-state index in [0.717, 1.165) is 15.4 Å². The summed E-state index contributed by atoms with van der Waals surface area (Å²) in [7, 11) is 0. The zero-order valence-corrected chi connectivity index (χ0v) is 11.8. The third-order valence-electron chi connectivity index (χ3n) is 4.15. The van der Waals surface area contributed by atoms with Crippen molar-refractivity contribution in [2.24, 2.45) is 0 Å². The zero-order chi connectivity index (χ0) is 14.3. The first-order chi connectivity index (χ1) is 8.78. The van der Waals surface area contributed by atoms with E-state index in [1.54, 1.807) is 39.8 Å². The number of hydroxylamine groups is 3. The fourth-order valence-electron chi connectivity index (χ4n) is 2.02. The van der Waals surface area contributed by atoms with Gasteiger partial charge in [-0.1, -0.05) is 35.4 Å². The number of hydrogen-bond acceptors (Lipinski definition) is 2. The first kappa shape index (κ1) is 13.6. The lowest BCUT2D eigenvalue weighted by Gasteiger charge is -2.32. The van der Waals surface area contributed by atoms with Gasteiger partial charge in [0.25, 0.3) is 0 Å². The van der Waals surface area contributed by atoms with Gasteiger partial charge < -0.3 is 5.21 Å². The van der Waals surface area contributed by atoms with Crippen LogP contribution in [-0.2, 0) is 5.21 Å². The second-order valence-corrected chi connectivity index (χ2v) is 5.81. The number of nitrogens with zero attached hydrogens (tertiary/aromatic N) is 2. The number of amidine groups is 1. The van der Waals surface area contributed by atoms with Gasteiger partial charge in [0.1, 0.15) is 5.54 Å². The monoisotopic (exact) mass is 259 g/mol. The van der Waals surface area contributed by atoms with Crippen LogP contribution >= 0.6 is 0 Å². The van der Waals surface area contributed by atoms with Crippen molar-refractivity contribution in [3.63, 3.8) is 0 Å². The summed E-state index contributed by atoms with van der Waals surface area (Å²) in [6.07, 6.45) is 3.37. The molecule has 1 radical (unpaired) electrons. The van der Waals surface area contributed by atoms with Gasteiger partial charge in [0, 0.05) is 11.3 Å². The van der Waals surface area contributed by atoms with Crippen LogP contribution in [0.15, 0.2) is 36.4 Å². The summed E-state index contributed by atoms with van der Waals surface area (Å²) in [5.41, 5.74) is -0.560. The van der Waals surface area contributed by atoms with Crippen LogP contribution in [0.2, 0.25) is 0 Å².